The van der Waals surface area contributed by atoms with E-state index in [9.17, 15) is 4.79 Å². The number of nitrogens with one attached hydrogen (secondary N) is 1. The number of nitrogens with zero attached hydrogens (tertiary/aromatic N) is 2. The summed E-state index contributed by atoms with van der Waals surface area (Å²) in [6.45, 7) is 0. The minimum absolute atomic E-state index is 0.314. The Hall–Kier alpha value is -1.88. The molecule has 3 N–H and O–H groups in total. The zero-order valence-electron chi connectivity index (χ0n) is 6.77. The number of hydrazine groups is 1. The topological polar surface area (TPSA) is 72.4 Å². The first-order valence-corrected chi connectivity index (χ1v) is 3.76. The van der Waals surface area contributed by atoms with E-state index in [0.29, 0.717) is 5.56 Å². The van der Waals surface area contributed by atoms with E-state index in [1.165, 1.54) is 0 Å². The summed E-state index contributed by atoms with van der Waals surface area (Å²) in [4.78, 5) is 11.2. The molecule has 66 valence electrons. The van der Waals surface area contributed by atoms with E-state index in [2.05, 4.69) is 10.5 Å². The first-order chi connectivity index (χ1) is 6.33. The molecule has 1 amide bonds. The SMILES string of the molecule is NNC(=O)c1cccn2nccc12. The standard InChI is InChI=1S/C8H8N4O/c9-11-8(13)6-2-1-5-12-7(6)3-4-10-12/h1-5H,9H2,(H,11,13). The maximum atomic E-state index is 11.2. The van der Waals surface area contributed by atoms with Crippen molar-refractivity contribution in [1.29, 1.82) is 0 Å². The maximum absolute atomic E-state index is 11.2. The average Bonchev–Trinajstić information content (AvgIpc) is 2.63. The Morgan fingerprint density at radius 2 is 2.38 bits per heavy atom. The molecule has 2 aromatic rings. The van der Waals surface area contributed by atoms with Crippen molar-refractivity contribution in [2.75, 3.05) is 0 Å². The molecule has 0 aromatic carbocycles. The summed E-state index contributed by atoms with van der Waals surface area (Å²) in [6.07, 6.45) is 3.39. The van der Waals surface area contributed by atoms with Crippen molar-refractivity contribution in [3.05, 3.63) is 36.2 Å². The number of carbonyl (C=O) groups is 1. The summed E-state index contributed by atoms with van der Waals surface area (Å²) in [6, 6.07) is 5.19. The van der Waals surface area contributed by atoms with Crippen molar-refractivity contribution in [2.45, 2.75) is 0 Å². The zero-order chi connectivity index (χ0) is 9.26. The fourth-order valence-corrected chi connectivity index (χ4v) is 1.22. The lowest BCUT2D eigenvalue weighted by Gasteiger charge is -2.00. The minimum Gasteiger partial charge on any atom is -0.290 e. The summed E-state index contributed by atoms with van der Waals surface area (Å²) < 4.78 is 1.62. The van der Waals surface area contributed by atoms with Crippen molar-refractivity contribution < 1.29 is 4.79 Å². The van der Waals surface area contributed by atoms with Gasteiger partial charge in [-0.1, -0.05) is 0 Å². The van der Waals surface area contributed by atoms with Crippen molar-refractivity contribution in [1.82, 2.24) is 15.0 Å². The Kier molecular flexibility index (Phi) is 1.71. The molecule has 0 atom stereocenters. The fraction of sp³-hybridized carbons (Fsp3) is 0. The van der Waals surface area contributed by atoms with Crippen LogP contribution in [-0.4, -0.2) is 15.5 Å². The highest BCUT2D eigenvalue weighted by molar-refractivity contribution is 6.00. The van der Waals surface area contributed by atoms with Gasteiger partial charge in [0.05, 0.1) is 17.3 Å². The van der Waals surface area contributed by atoms with Gasteiger partial charge in [0.2, 0.25) is 0 Å². The van der Waals surface area contributed by atoms with Crippen LogP contribution in [0.3, 0.4) is 0 Å². The van der Waals surface area contributed by atoms with Gasteiger partial charge in [-0.05, 0) is 18.2 Å². The third-order valence-electron chi connectivity index (χ3n) is 1.81. The van der Waals surface area contributed by atoms with Gasteiger partial charge in [0, 0.05) is 6.20 Å². The molecule has 0 bridgehead atoms. The molecule has 2 aromatic heterocycles. The fourth-order valence-electron chi connectivity index (χ4n) is 1.22. The molecule has 2 heterocycles. The predicted octanol–water partition coefficient (Wildman–Crippen LogP) is -0.0622. The Labute approximate surface area is 74.1 Å². The van der Waals surface area contributed by atoms with E-state index < -0.39 is 0 Å². The van der Waals surface area contributed by atoms with E-state index in [4.69, 9.17) is 5.84 Å². The van der Waals surface area contributed by atoms with Gasteiger partial charge in [0.25, 0.3) is 5.91 Å². The summed E-state index contributed by atoms with van der Waals surface area (Å²) in [5, 5.41) is 3.99. The lowest BCUT2D eigenvalue weighted by atomic mass is 10.2. The third-order valence-corrected chi connectivity index (χ3v) is 1.81. The molecule has 5 heteroatoms. The molecule has 0 aliphatic rings. The molecule has 0 radical (unpaired) electrons. The number of aromatic nitrogens is 2. The molecule has 0 aliphatic heterocycles. The molecule has 0 saturated heterocycles. The number of fused-ring (bicyclic) bond motifs is 1. The Morgan fingerprint density at radius 1 is 1.54 bits per heavy atom. The molecular weight excluding hydrogens is 168 g/mol. The molecule has 0 aliphatic carbocycles. The van der Waals surface area contributed by atoms with Crippen LogP contribution in [0.5, 0.6) is 0 Å². The molecular formula is C8H8N4O. The first kappa shape index (κ1) is 7.75. The quantitative estimate of drug-likeness (QED) is 0.363. The second-order valence-electron chi connectivity index (χ2n) is 2.56. The molecule has 0 fully saturated rings. The number of carbonyl (C=O) groups excluding carboxylic acids is 1. The Balaban J connectivity index is 2.67. The smallest absolute Gasteiger partial charge is 0.267 e. The van der Waals surface area contributed by atoms with Crippen LogP contribution in [0.1, 0.15) is 10.4 Å². The van der Waals surface area contributed by atoms with Crippen molar-refractivity contribution in [2.24, 2.45) is 5.84 Å². The highest BCUT2D eigenvalue weighted by Gasteiger charge is 2.07. The summed E-state index contributed by atoms with van der Waals surface area (Å²) in [5.41, 5.74) is 3.34. The van der Waals surface area contributed by atoms with Crippen LogP contribution in [0.15, 0.2) is 30.6 Å². The van der Waals surface area contributed by atoms with E-state index in [-0.39, 0.29) is 5.91 Å². The van der Waals surface area contributed by atoms with Gasteiger partial charge in [-0.15, -0.1) is 0 Å². The number of pyridine rings is 1. The highest BCUT2D eigenvalue weighted by atomic mass is 16.2. The molecule has 13 heavy (non-hydrogen) atoms. The van der Waals surface area contributed by atoms with Crippen LogP contribution in [0.25, 0.3) is 5.52 Å². The van der Waals surface area contributed by atoms with Crippen LogP contribution in [0.2, 0.25) is 0 Å². The molecule has 5 nitrogen and oxygen atoms in total. The Morgan fingerprint density at radius 3 is 3.15 bits per heavy atom. The first-order valence-electron chi connectivity index (χ1n) is 3.76. The van der Waals surface area contributed by atoms with Gasteiger partial charge in [-0.3, -0.25) is 10.2 Å². The summed E-state index contributed by atoms with van der Waals surface area (Å²) in [5.74, 6) is 4.72. The van der Waals surface area contributed by atoms with Crippen LogP contribution in [-0.2, 0) is 0 Å². The number of hydrogen-bond acceptors (Lipinski definition) is 3. The number of nitrogen functional groups attached to an aromatic ring is 1. The second kappa shape index (κ2) is 2.87. The monoisotopic (exact) mass is 176 g/mol. The van der Waals surface area contributed by atoms with E-state index in [1.807, 2.05) is 0 Å². The van der Waals surface area contributed by atoms with Crippen LogP contribution >= 0.6 is 0 Å². The molecule has 0 saturated carbocycles. The van der Waals surface area contributed by atoms with E-state index >= 15 is 0 Å². The van der Waals surface area contributed by atoms with Gasteiger partial charge in [0.15, 0.2) is 0 Å². The maximum Gasteiger partial charge on any atom is 0.267 e. The van der Waals surface area contributed by atoms with E-state index in [1.54, 1.807) is 35.1 Å². The molecule has 0 spiro atoms. The van der Waals surface area contributed by atoms with Gasteiger partial charge in [-0.2, -0.15) is 5.10 Å². The van der Waals surface area contributed by atoms with Gasteiger partial charge < -0.3 is 0 Å². The average molecular weight is 176 g/mol. The third kappa shape index (κ3) is 1.15. The lowest BCUT2D eigenvalue weighted by Crippen LogP contribution is -2.30. The van der Waals surface area contributed by atoms with E-state index in [0.717, 1.165) is 5.52 Å². The summed E-state index contributed by atoms with van der Waals surface area (Å²) in [7, 11) is 0. The van der Waals surface area contributed by atoms with Gasteiger partial charge in [-0.25, -0.2) is 10.4 Å². The second-order valence-corrected chi connectivity index (χ2v) is 2.56. The van der Waals surface area contributed by atoms with Gasteiger partial charge in [0.1, 0.15) is 0 Å². The predicted molar refractivity (Wildman–Crippen MR) is 46.8 cm³/mol. The van der Waals surface area contributed by atoms with Crippen LogP contribution in [0, 0.1) is 0 Å². The van der Waals surface area contributed by atoms with Crippen molar-refractivity contribution in [3.63, 3.8) is 0 Å². The number of nitrogens with two attached hydrogens (primary N) is 1. The van der Waals surface area contributed by atoms with Crippen molar-refractivity contribution >= 4 is 11.4 Å². The van der Waals surface area contributed by atoms with Crippen LogP contribution < -0.4 is 11.3 Å². The summed E-state index contributed by atoms with van der Waals surface area (Å²) >= 11 is 0. The number of amides is 1. The molecule has 0 unspecified atom stereocenters. The number of hydrogen-bond donors (Lipinski definition) is 2. The van der Waals surface area contributed by atoms with Gasteiger partial charge >= 0.3 is 0 Å². The van der Waals surface area contributed by atoms with Crippen LogP contribution in [0.4, 0.5) is 0 Å². The molecule has 2 rings (SSSR count). The minimum atomic E-state index is -0.314. The highest BCUT2D eigenvalue weighted by Crippen LogP contribution is 2.08. The Bertz CT molecular complexity index is 448. The largest absolute Gasteiger partial charge is 0.290 e. The normalized spacial score (nSPS) is 10.2. The zero-order valence-corrected chi connectivity index (χ0v) is 6.77. The lowest BCUT2D eigenvalue weighted by molar-refractivity contribution is 0.0955. The number of rotatable bonds is 1. The van der Waals surface area contributed by atoms with Crippen molar-refractivity contribution in [3.8, 4) is 0 Å².